The van der Waals surface area contributed by atoms with Crippen molar-refractivity contribution in [3.63, 3.8) is 0 Å². The van der Waals surface area contributed by atoms with Crippen molar-refractivity contribution in [2.75, 3.05) is 5.32 Å². The molecule has 1 N–H and O–H groups in total. The first kappa shape index (κ1) is 10.4. The number of aryl methyl sites for hydroxylation is 2. The van der Waals surface area contributed by atoms with Crippen LogP contribution >= 0.6 is 0 Å². The molecular weight excluding hydrogens is 210 g/mol. The number of nitrogens with one attached hydrogen (secondary N) is 1. The highest BCUT2D eigenvalue weighted by atomic mass is 16.5. The number of hydrogen-bond donors (Lipinski definition) is 1. The van der Waals surface area contributed by atoms with Crippen molar-refractivity contribution in [1.29, 1.82) is 0 Å². The fourth-order valence-electron chi connectivity index (χ4n) is 1.22. The second-order valence-electron chi connectivity index (χ2n) is 3.27. The Labute approximate surface area is 91.6 Å². The number of anilines is 1. The molecule has 0 unspecified atom stereocenters. The standard InChI is InChI=1S/C10H11N3O3/c1-7-11-10(16-13-7)12-9(14)5-4-8-3-2-6-15-8/h2-3,6H,4-5H2,1H3,(H,11,12,13,14). The van der Waals surface area contributed by atoms with Crippen LogP contribution in [0.5, 0.6) is 0 Å². The van der Waals surface area contributed by atoms with E-state index in [9.17, 15) is 4.79 Å². The zero-order valence-electron chi connectivity index (χ0n) is 8.77. The van der Waals surface area contributed by atoms with Crippen LogP contribution in [0.3, 0.4) is 0 Å². The van der Waals surface area contributed by atoms with E-state index >= 15 is 0 Å². The second kappa shape index (κ2) is 4.61. The molecule has 1 amide bonds. The van der Waals surface area contributed by atoms with Gasteiger partial charge in [-0.1, -0.05) is 5.16 Å². The monoisotopic (exact) mass is 221 g/mol. The zero-order chi connectivity index (χ0) is 11.4. The molecule has 0 saturated heterocycles. The van der Waals surface area contributed by atoms with Gasteiger partial charge in [0.25, 0.3) is 0 Å². The Morgan fingerprint density at radius 3 is 3.06 bits per heavy atom. The average molecular weight is 221 g/mol. The number of hydrogen-bond acceptors (Lipinski definition) is 5. The Hall–Kier alpha value is -2.11. The average Bonchev–Trinajstić information content (AvgIpc) is 2.87. The Bertz CT molecular complexity index is 461. The van der Waals surface area contributed by atoms with E-state index in [0.29, 0.717) is 18.7 Å². The number of rotatable bonds is 4. The van der Waals surface area contributed by atoms with Crippen molar-refractivity contribution in [1.82, 2.24) is 10.1 Å². The van der Waals surface area contributed by atoms with Crippen LogP contribution in [0.15, 0.2) is 27.3 Å². The molecule has 6 heteroatoms. The molecule has 0 aliphatic heterocycles. The van der Waals surface area contributed by atoms with Crippen LogP contribution in [0, 0.1) is 6.92 Å². The molecule has 0 atom stereocenters. The van der Waals surface area contributed by atoms with E-state index in [1.807, 2.05) is 6.07 Å². The summed E-state index contributed by atoms with van der Waals surface area (Å²) in [6.45, 7) is 1.68. The molecule has 0 fully saturated rings. The molecule has 2 heterocycles. The molecule has 84 valence electrons. The summed E-state index contributed by atoms with van der Waals surface area (Å²) in [6, 6.07) is 3.74. The van der Waals surface area contributed by atoms with Crippen LogP contribution in [0.4, 0.5) is 6.01 Å². The van der Waals surface area contributed by atoms with E-state index in [1.54, 1.807) is 19.3 Å². The minimum absolute atomic E-state index is 0.127. The van der Waals surface area contributed by atoms with Crippen LogP contribution in [0.1, 0.15) is 18.0 Å². The number of carbonyl (C=O) groups is 1. The van der Waals surface area contributed by atoms with Gasteiger partial charge >= 0.3 is 6.01 Å². The summed E-state index contributed by atoms with van der Waals surface area (Å²) in [5, 5.41) is 6.06. The third kappa shape index (κ3) is 2.69. The van der Waals surface area contributed by atoms with Crippen LogP contribution in [0.25, 0.3) is 0 Å². The molecule has 0 saturated carbocycles. The van der Waals surface area contributed by atoms with Gasteiger partial charge < -0.3 is 8.94 Å². The first-order chi connectivity index (χ1) is 7.74. The summed E-state index contributed by atoms with van der Waals surface area (Å²) in [6.07, 6.45) is 2.44. The first-order valence-corrected chi connectivity index (χ1v) is 4.86. The molecule has 0 aromatic carbocycles. The van der Waals surface area contributed by atoms with Crippen molar-refractivity contribution in [3.8, 4) is 0 Å². The Kier molecular flexibility index (Phi) is 3.00. The third-order valence-electron chi connectivity index (χ3n) is 1.95. The molecular formula is C10H11N3O3. The van der Waals surface area contributed by atoms with E-state index < -0.39 is 0 Å². The summed E-state index contributed by atoms with van der Waals surface area (Å²) in [5.41, 5.74) is 0. The predicted molar refractivity (Wildman–Crippen MR) is 54.7 cm³/mol. The number of aromatic nitrogens is 2. The maximum absolute atomic E-state index is 11.4. The highest BCUT2D eigenvalue weighted by Gasteiger charge is 2.08. The lowest BCUT2D eigenvalue weighted by Gasteiger charge is -1.97. The number of carbonyl (C=O) groups excluding carboxylic acids is 1. The van der Waals surface area contributed by atoms with E-state index in [-0.39, 0.29) is 11.9 Å². The van der Waals surface area contributed by atoms with Crippen molar-refractivity contribution < 1.29 is 13.7 Å². The minimum Gasteiger partial charge on any atom is -0.469 e. The minimum atomic E-state index is -0.181. The van der Waals surface area contributed by atoms with Gasteiger partial charge in [-0.15, -0.1) is 0 Å². The molecule has 0 aliphatic rings. The van der Waals surface area contributed by atoms with Crippen molar-refractivity contribution in [2.24, 2.45) is 0 Å². The van der Waals surface area contributed by atoms with Crippen LogP contribution in [0.2, 0.25) is 0 Å². The van der Waals surface area contributed by atoms with E-state index in [1.165, 1.54) is 0 Å². The van der Waals surface area contributed by atoms with E-state index in [2.05, 4.69) is 15.5 Å². The highest BCUT2D eigenvalue weighted by molar-refractivity contribution is 5.88. The van der Waals surface area contributed by atoms with Gasteiger partial charge in [-0.05, 0) is 19.1 Å². The molecule has 16 heavy (non-hydrogen) atoms. The summed E-state index contributed by atoms with van der Waals surface area (Å²) in [4.78, 5) is 15.3. The molecule has 0 aliphatic carbocycles. The van der Waals surface area contributed by atoms with Gasteiger partial charge in [-0.25, -0.2) is 0 Å². The molecule has 0 spiro atoms. The Morgan fingerprint density at radius 2 is 2.44 bits per heavy atom. The SMILES string of the molecule is Cc1noc(NC(=O)CCc2ccco2)n1. The summed E-state index contributed by atoms with van der Waals surface area (Å²) >= 11 is 0. The van der Waals surface area contributed by atoms with E-state index in [4.69, 9.17) is 8.94 Å². The second-order valence-corrected chi connectivity index (χ2v) is 3.27. The van der Waals surface area contributed by atoms with Crippen LogP contribution in [-0.4, -0.2) is 16.0 Å². The van der Waals surface area contributed by atoms with E-state index in [0.717, 1.165) is 5.76 Å². The smallest absolute Gasteiger partial charge is 0.328 e. The third-order valence-corrected chi connectivity index (χ3v) is 1.95. The van der Waals surface area contributed by atoms with Gasteiger partial charge in [0.1, 0.15) is 5.76 Å². The number of furan rings is 1. The predicted octanol–water partition coefficient (Wildman–Crippen LogP) is 1.54. The lowest BCUT2D eigenvalue weighted by atomic mass is 10.2. The molecule has 6 nitrogen and oxygen atoms in total. The normalized spacial score (nSPS) is 10.3. The molecule has 2 aromatic rings. The summed E-state index contributed by atoms with van der Waals surface area (Å²) in [7, 11) is 0. The van der Waals surface area contributed by atoms with Gasteiger partial charge in [0, 0.05) is 12.8 Å². The summed E-state index contributed by atoms with van der Waals surface area (Å²) in [5.74, 6) is 1.08. The van der Waals surface area contributed by atoms with Gasteiger partial charge in [0.15, 0.2) is 5.82 Å². The fraction of sp³-hybridized carbons (Fsp3) is 0.300. The highest BCUT2D eigenvalue weighted by Crippen LogP contribution is 2.06. The maximum atomic E-state index is 11.4. The van der Waals surface area contributed by atoms with Gasteiger partial charge in [-0.2, -0.15) is 4.98 Å². The summed E-state index contributed by atoms with van der Waals surface area (Å²) < 4.78 is 9.86. The Balaban J connectivity index is 1.81. The van der Waals surface area contributed by atoms with Crippen LogP contribution in [-0.2, 0) is 11.2 Å². The van der Waals surface area contributed by atoms with Gasteiger partial charge in [-0.3, -0.25) is 10.1 Å². The Morgan fingerprint density at radius 1 is 1.56 bits per heavy atom. The quantitative estimate of drug-likeness (QED) is 0.846. The zero-order valence-corrected chi connectivity index (χ0v) is 8.77. The maximum Gasteiger partial charge on any atom is 0.328 e. The molecule has 0 bridgehead atoms. The number of amides is 1. The van der Waals surface area contributed by atoms with Gasteiger partial charge in [0.2, 0.25) is 5.91 Å². The largest absolute Gasteiger partial charge is 0.469 e. The molecule has 0 radical (unpaired) electrons. The number of nitrogens with zero attached hydrogens (tertiary/aromatic N) is 2. The van der Waals surface area contributed by atoms with Crippen molar-refractivity contribution in [3.05, 3.63) is 30.0 Å². The molecule has 2 rings (SSSR count). The first-order valence-electron chi connectivity index (χ1n) is 4.86. The lowest BCUT2D eigenvalue weighted by molar-refractivity contribution is -0.116. The van der Waals surface area contributed by atoms with Crippen molar-refractivity contribution in [2.45, 2.75) is 19.8 Å². The van der Waals surface area contributed by atoms with Crippen molar-refractivity contribution >= 4 is 11.9 Å². The lowest BCUT2D eigenvalue weighted by Crippen LogP contribution is -2.12. The fourth-order valence-corrected chi connectivity index (χ4v) is 1.22. The topological polar surface area (TPSA) is 81.2 Å². The molecule has 2 aromatic heterocycles. The van der Waals surface area contributed by atoms with Gasteiger partial charge in [0.05, 0.1) is 6.26 Å². The van der Waals surface area contributed by atoms with Crippen LogP contribution < -0.4 is 5.32 Å².